The number of amides is 2. The SMILES string of the molecule is CC(C)CN(CCC(=O)O)C(=O)c1ccc(C(N)=O)cc1. The summed E-state index contributed by atoms with van der Waals surface area (Å²) in [6, 6.07) is 6.02. The first-order valence-electron chi connectivity index (χ1n) is 6.72. The number of hydrogen-bond acceptors (Lipinski definition) is 3. The number of primary amides is 1. The summed E-state index contributed by atoms with van der Waals surface area (Å²) in [5.41, 5.74) is 5.88. The van der Waals surface area contributed by atoms with Crippen LogP contribution in [0.25, 0.3) is 0 Å². The van der Waals surface area contributed by atoms with E-state index in [4.69, 9.17) is 10.8 Å². The molecule has 0 unspecified atom stereocenters. The fourth-order valence-electron chi connectivity index (χ4n) is 1.91. The number of aliphatic carboxylic acids is 1. The van der Waals surface area contributed by atoms with E-state index >= 15 is 0 Å². The smallest absolute Gasteiger partial charge is 0.305 e. The highest BCUT2D eigenvalue weighted by molar-refractivity contribution is 5.97. The van der Waals surface area contributed by atoms with Gasteiger partial charge in [0.15, 0.2) is 0 Å². The molecule has 3 N–H and O–H groups in total. The van der Waals surface area contributed by atoms with Gasteiger partial charge in [-0.05, 0) is 30.2 Å². The average Bonchev–Trinajstić information content (AvgIpc) is 2.42. The molecular formula is C15H20N2O4. The van der Waals surface area contributed by atoms with Gasteiger partial charge in [0.2, 0.25) is 5.91 Å². The Hall–Kier alpha value is -2.37. The minimum Gasteiger partial charge on any atom is -0.481 e. The van der Waals surface area contributed by atoms with Crippen LogP contribution in [0.15, 0.2) is 24.3 Å². The van der Waals surface area contributed by atoms with E-state index in [2.05, 4.69) is 0 Å². The summed E-state index contributed by atoms with van der Waals surface area (Å²) >= 11 is 0. The van der Waals surface area contributed by atoms with Crippen LogP contribution in [0, 0.1) is 5.92 Å². The standard InChI is InChI=1S/C15H20N2O4/c1-10(2)9-17(8-7-13(18)19)15(21)12-5-3-11(4-6-12)14(16)20/h3-6,10H,7-9H2,1-2H3,(H2,16,20)(H,18,19). The van der Waals surface area contributed by atoms with Gasteiger partial charge in [-0.2, -0.15) is 0 Å². The van der Waals surface area contributed by atoms with Gasteiger partial charge in [-0.15, -0.1) is 0 Å². The molecule has 1 rings (SSSR count). The van der Waals surface area contributed by atoms with Gasteiger partial charge in [0, 0.05) is 24.2 Å². The second-order valence-electron chi connectivity index (χ2n) is 5.23. The summed E-state index contributed by atoms with van der Waals surface area (Å²) in [7, 11) is 0. The Morgan fingerprint density at radius 2 is 1.67 bits per heavy atom. The zero-order valence-electron chi connectivity index (χ0n) is 12.2. The lowest BCUT2D eigenvalue weighted by Crippen LogP contribution is -2.36. The fourth-order valence-corrected chi connectivity index (χ4v) is 1.91. The second-order valence-corrected chi connectivity index (χ2v) is 5.23. The lowest BCUT2D eigenvalue weighted by molar-refractivity contribution is -0.137. The van der Waals surface area contributed by atoms with Crippen molar-refractivity contribution in [2.24, 2.45) is 11.7 Å². The predicted molar refractivity (Wildman–Crippen MR) is 78.0 cm³/mol. The Morgan fingerprint density at radius 3 is 2.10 bits per heavy atom. The largest absolute Gasteiger partial charge is 0.481 e. The Balaban J connectivity index is 2.87. The first kappa shape index (κ1) is 16.7. The molecule has 0 atom stereocenters. The molecule has 6 heteroatoms. The van der Waals surface area contributed by atoms with Crippen LogP contribution in [0.5, 0.6) is 0 Å². The molecule has 0 aliphatic carbocycles. The highest BCUT2D eigenvalue weighted by Crippen LogP contribution is 2.10. The molecule has 0 aliphatic rings. The molecule has 0 saturated carbocycles. The van der Waals surface area contributed by atoms with E-state index < -0.39 is 11.9 Å². The van der Waals surface area contributed by atoms with Crippen molar-refractivity contribution in [3.05, 3.63) is 35.4 Å². The molecule has 6 nitrogen and oxygen atoms in total. The lowest BCUT2D eigenvalue weighted by atomic mass is 10.1. The van der Waals surface area contributed by atoms with E-state index in [1.165, 1.54) is 29.2 Å². The lowest BCUT2D eigenvalue weighted by Gasteiger charge is -2.24. The minimum absolute atomic E-state index is 0.0994. The molecule has 0 bridgehead atoms. The van der Waals surface area contributed by atoms with Crippen molar-refractivity contribution < 1.29 is 19.5 Å². The highest BCUT2D eigenvalue weighted by atomic mass is 16.4. The number of nitrogens with two attached hydrogens (primary N) is 1. The van der Waals surface area contributed by atoms with E-state index in [1.54, 1.807) is 0 Å². The maximum Gasteiger partial charge on any atom is 0.305 e. The van der Waals surface area contributed by atoms with Gasteiger partial charge in [-0.1, -0.05) is 13.8 Å². The predicted octanol–water partition coefficient (Wildman–Crippen LogP) is 1.36. The molecule has 0 saturated heterocycles. The molecule has 2 amide bonds. The van der Waals surface area contributed by atoms with Gasteiger partial charge in [-0.25, -0.2) is 0 Å². The van der Waals surface area contributed by atoms with Crippen molar-refractivity contribution in [2.75, 3.05) is 13.1 Å². The van der Waals surface area contributed by atoms with Gasteiger partial charge < -0.3 is 15.7 Å². The van der Waals surface area contributed by atoms with Crippen LogP contribution in [0.1, 0.15) is 41.0 Å². The van der Waals surface area contributed by atoms with E-state index in [1.807, 2.05) is 13.8 Å². The van der Waals surface area contributed by atoms with Crippen LogP contribution >= 0.6 is 0 Å². The first-order chi connectivity index (χ1) is 9.81. The number of hydrogen-bond donors (Lipinski definition) is 2. The van der Waals surface area contributed by atoms with E-state index in [-0.39, 0.29) is 24.8 Å². The summed E-state index contributed by atoms with van der Waals surface area (Å²) < 4.78 is 0. The number of carboxylic acid groups (broad SMARTS) is 1. The molecule has 0 fully saturated rings. The van der Waals surface area contributed by atoms with Gasteiger partial charge in [-0.3, -0.25) is 14.4 Å². The molecule has 0 spiro atoms. The van der Waals surface area contributed by atoms with Crippen molar-refractivity contribution in [3.8, 4) is 0 Å². The third kappa shape index (κ3) is 5.25. The number of carboxylic acids is 1. The molecular weight excluding hydrogens is 272 g/mol. The van der Waals surface area contributed by atoms with E-state index in [0.717, 1.165) is 0 Å². The van der Waals surface area contributed by atoms with Crippen LogP contribution in [0.2, 0.25) is 0 Å². The normalized spacial score (nSPS) is 10.4. The maximum atomic E-state index is 12.4. The third-order valence-electron chi connectivity index (χ3n) is 2.88. The topological polar surface area (TPSA) is 101 Å². The van der Waals surface area contributed by atoms with Gasteiger partial charge in [0.25, 0.3) is 5.91 Å². The molecule has 114 valence electrons. The summed E-state index contributed by atoms with van der Waals surface area (Å²) in [5.74, 6) is -1.52. The molecule has 1 aromatic carbocycles. The summed E-state index contributed by atoms with van der Waals surface area (Å²) in [6.07, 6.45) is -0.0994. The zero-order valence-corrected chi connectivity index (χ0v) is 12.2. The molecule has 21 heavy (non-hydrogen) atoms. The van der Waals surface area contributed by atoms with E-state index in [0.29, 0.717) is 17.7 Å². The van der Waals surface area contributed by atoms with Crippen molar-refractivity contribution >= 4 is 17.8 Å². The second kappa shape index (κ2) is 7.42. The molecule has 1 aromatic rings. The monoisotopic (exact) mass is 292 g/mol. The molecule has 0 aromatic heterocycles. The van der Waals surface area contributed by atoms with Crippen LogP contribution < -0.4 is 5.73 Å². The Labute approximate surface area is 123 Å². The minimum atomic E-state index is -0.944. The van der Waals surface area contributed by atoms with Crippen LogP contribution in [0.3, 0.4) is 0 Å². The average molecular weight is 292 g/mol. The van der Waals surface area contributed by atoms with Crippen molar-refractivity contribution in [1.29, 1.82) is 0 Å². The number of carbonyl (C=O) groups is 3. The summed E-state index contributed by atoms with van der Waals surface area (Å²) in [5, 5.41) is 8.76. The van der Waals surface area contributed by atoms with Crippen molar-refractivity contribution in [1.82, 2.24) is 4.90 Å². The number of rotatable bonds is 7. The highest BCUT2D eigenvalue weighted by Gasteiger charge is 2.18. The Morgan fingerprint density at radius 1 is 1.14 bits per heavy atom. The van der Waals surface area contributed by atoms with Gasteiger partial charge in [0.1, 0.15) is 0 Å². The summed E-state index contributed by atoms with van der Waals surface area (Å²) in [4.78, 5) is 35.6. The molecule has 0 radical (unpaired) electrons. The molecule has 0 aliphatic heterocycles. The van der Waals surface area contributed by atoms with Gasteiger partial charge >= 0.3 is 5.97 Å². The molecule has 0 heterocycles. The Bertz CT molecular complexity index is 523. The number of nitrogens with zero attached hydrogens (tertiary/aromatic N) is 1. The quantitative estimate of drug-likeness (QED) is 0.792. The van der Waals surface area contributed by atoms with Gasteiger partial charge in [0.05, 0.1) is 6.42 Å². The van der Waals surface area contributed by atoms with Crippen LogP contribution in [-0.4, -0.2) is 40.9 Å². The van der Waals surface area contributed by atoms with Crippen molar-refractivity contribution in [3.63, 3.8) is 0 Å². The van der Waals surface area contributed by atoms with Crippen LogP contribution in [-0.2, 0) is 4.79 Å². The maximum absolute atomic E-state index is 12.4. The number of benzene rings is 1. The third-order valence-corrected chi connectivity index (χ3v) is 2.88. The Kier molecular flexibility index (Phi) is 5.90. The first-order valence-corrected chi connectivity index (χ1v) is 6.72. The fraction of sp³-hybridized carbons (Fsp3) is 0.400. The van der Waals surface area contributed by atoms with Crippen LogP contribution in [0.4, 0.5) is 0 Å². The summed E-state index contributed by atoms with van der Waals surface area (Å²) in [6.45, 7) is 4.54. The van der Waals surface area contributed by atoms with E-state index in [9.17, 15) is 14.4 Å². The number of carbonyl (C=O) groups excluding carboxylic acids is 2. The van der Waals surface area contributed by atoms with Crippen molar-refractivity contribution in [2.45, 2.75) is 20.3 Å². The zero-order chi connectivity index (χ0) is 16.0.